The maximum atomic E-state index is 14.5. The highest BCUT2D eigenvalue weighted by molar-refractivity contribution is 6.28. The minimum Gasteiger partial charge on any atom is -0.496 e. The van der Waals surface area contributed by atoms with Gasteiger partial charge in [-0.2, -0.15) is 4.98 Å². The minimum absolute atomic E-state index is 0.0274. The van der Waals surface area contributed by atoms with Crippen molar-refractivity contribution in [2.24, 2.45) is 0 Å². The van der Waals surface area contributed by atoms with E-state index in [0.717, 1.165) is 17.7 Å². The topological polar surface area (TPSA) is 150 Å². The van der Waals surface area contributed by atoms with Gasteiger partial charge in [-0.3, -0.25) is 4.79 Å². The number of hydrogen-bond donors (Lipinski definition) is 1. The number of likely N-dealkylation sites (tertiary alicyclic amines) is 1. The van der Waals surface area contributed by atoms with Crippen LogP contribution in [-0.2, 0) is 28.0 Å². The quantitative estimate of drug-likeness (QED) is 0.161. The normalized spacial score (nSPS) is 17.1. The third-order valence-corrected chi connectivity index (χ3v) is 9.44. The van der Waals surface area contributed by atoms with Crippen LogP contribution < -0.4 is 18.9 Å². The molecule has 2 amide bonds. The summed E-state index contributed by atoms with van der Waals surface area (Å²) < 4.78 is 34.4. The number of carbonyl (C=O) groups is 2. The van der Waals surface area contributed by atoms with Crippen molar-refractivity contribution < 1.29 is 38.0 Å². The van der Waals surface area contributed by atoms with Crippen LogP contribution in [0.2, 0.25) is 5.28 Å². The maximum absolute atomic E-state index is 14.5. The van der Waals surface area contributed by atoms with Gasteiger partial charge in [0, 0.05) is 79.2 Å². The standard InChI is InChI=1S/C38H45ClN6O8/c1-8-51-20-24-18-41-35(39)43-33(24)52-31-14-23(10-12-40-31)28-17-26-32(42-28)38(11-9-13-44(21-38)36(47)53-37(2,3)4)22-45(34(26)46)19-27-29(49-6)15-25(48-5)16-30(27)50-7/h10,12,14-18,42H,8-9,11,13,19-22H2,1-7H3. The number of carbonyl (C=O) groups excluding carboxylic acids is 2. The first kappa shape index (κ1) is 37.7. The van der Waals surface area contributed by atoms with Gasteiger partial charge in [0.25, 0.3) is 5.91 Å². The summed E-state index contributed by atoms with van der Waals surface area (Å²) in [6.45, 7) is 9.59. The molecule has 1 unspecified atom stereocenters. The number of amides is 2. The molecule has 0 saturated carbocycles. The van der Waals surface area contributed by atoms with Crippen LogP contribution in [0.3, 0.4) is 0 Å². The Labute approximate surface area is 313 Å². The highest BCUT2D eigenvalue weighted by atomic mass is 35.5. The number of nitrogens with zero attached hydrogens (tertiary/aromatic N) is 5. The second-order valence-electron chi connectivity index (χ2n) is 14.0. The van der Waals surface area contributed by atoms with E-state index in [1.54, 1.807) is 61.7 Å². The molecule has 282 valence electrons. The Morgan fingerprint density at radius 3 is 2.47 bits per heavy atom. The van der Waals surface area contributed by atoms with Crippen LogP contribution in [0.15, 0.2) is 42.7 Å². The molecule has 1 fully saturated rings. The van der Waals surface area contributed by atoms with E-state index in [1.807, 2.05) is 39.8 Å². The van der Waals surface area contributed by atoms with Crippen molar-refractivity contribution in [2.75, 3.05) is 47.6 Å². The van der Waals surface area contributed by atoms with Crippen molar-refractivity contribution in [3.8, 4) is 40.3 Å². The van der Waals surface area contributed by atoms with Gasteiger partial charge in [-0.15, -0.1) is 0 Å². The van der Waals surface area contributed by atoms with Crippen molar-refractivity contribution in [1.82, 2.24) is 29.7 Å². The number of hydrogen-bond acceptors (Lipinski definition) is 11. The van der Waals surface area contributed by atoms with Crippen molar-refractivity contribution in [3.05, 3.63) is 70.4 Å². The van der Waals surface area contributed by atoms with Crippen LogP contribution in [0, 0.1) is 0 Å². The number of pyridine rings is 1. The lowest BCUT2D eigenvalue weighted by Crippen LogP contribution is -2.58. The first-order valence-electron chi connectivity index (χ1n) is 17.4. The molecular formula is C38H45ClN6O8. The number of H-pyrrole nitrogens is 1. The van der Waals surface area contributed by atoms with Crippen LogP contribution in [0.4, 0.5) is 4.79 Å². The monoisotopic (exact) mass is 748 g/mol. The van der Waals surface area contributed by atoms with E-state index >= 15 is 0 Å². The third-order valence-electron chi connectivity index (χ3n) is 9.26. The molecule has 0 radical (unpaired) electrons. The number of ether oxygens (including phenoxy) is 6. The van der Waals surface area contributed by atoms with Crippen molar-refractivity contribution in [2.45, 2.75) is 64.7 Å². The van der Waals surface area contributed by atoms with Crippen LogP contribution in [-0.4, -0.2) is 94.9 Å². The number of aromatic amines is 1. The predicted molar refractivity (Wildman–Crippen MR) is 196 cm³/mol. The number of fused-ring (bicyclic) bond motifs is 2. The summed E-state index contributed by atoms with van der Waals surface area (Å²) in [7, 11) is 4.71. The average molecular weight is 749 g/mol. The van der Waals surface area contributed by atoms with Gasteiger partial charge in [-0.1, -0.05) is 0 Å². The van der Waals surface area contributed by atoms with Gasteiger partial charge >= 0.3 is 6.09 Å². The molecule has 1 saturated heterocycles. The Hall–Kier alpha value is -5.08. The smallest absolute Gasteiger partial charge is 0.410 e. The molecule has 53 heavy (non-hydrogen) atoms. The van der Waals surface area contributed by atoms with E-state index in [0.29, 0.717) is 72.3 Å². The summed E-state index contributed by atoms with van der Waals surface area (Å²) in [6.07, 6.45) is 4.22. The van der Waals surface area contributed by atoms with E-state index in [9.17, 15) is 9.59 Å². The Bertz CT molecular complexity index is 1960. The van der Waals surface area contributed by atoms with E-state index in [4.69, 9.17) is 40.0 Å². The molecule has 0 aliphatic carbocycles. The van der Waals surface area contributed by atoms with Gasteiger partial charge in [0.05, 0.1) is 51.2 Å². The third kappa shape index (κ3) is 8.13. The second-order valence-corrected chi connectivity index (χ2v) is 14.4. The Balaban J connectivity index is 1.39. The highest BCUT2D eigenvalue weighted by Gasteiger charge is 2.48. The molecule has 2 aliphatic heterocycles. The zero-order valence-corrected chi connectivity index (χ0v) is 31.8. The van der Waals surface area contributed by atoms with Gasteiger partial charge < -0.3 is 43.2 Å². The number of halogens is 1. The minimum atomic E-state index is -0.662. The zero-order chi connectivity index (χ0) is 37.9. The lowest BCUT2D eigenvalue weighted by molar-refractivity contribution is 0.00818. The molecule has 4 aromatic rings. The van der Waals surface area contributed by atoms with E-state index < -0.39 is 17.1 Å². The van der Waals surface area contributed by atoms with Crippen molar-refractivity contribution in [1.29, 1.82) is 0 Å². The molecule has 14 nitrogen and oxygen atoms in total. The molecule has 1 spiro atoms. The number of rotatable bonds is 11. The maximum Gasteiger partial charge on any atom is 0.410 e. The number of benzene rings is 1. The fourth-order valence-corrected chi connectivity index (χ4v) is 7.01. The molecule has 0 bridgehead atoms. The van der Waals surface area contributed by atoms with Crippen molar-refractivity contribution in [3.63, 3.8) is 0 Å². The fraction of sp³-hybridized carbons (Fsp3) is 0.447. The van der Waals surface area contributed by atoms with Crippen LogP contribution in [0.25, 0.3) is 11.3 Å². The molecule has 3 aromatic heterocycles. The summed E-state index contributed by atoms with van der Waals surface area (Å²) in [4.78, 5) is 47.8. The summed E-state index contributed by atoms with van der Waals surface area (Å²) in [5.41, 5.74) is 2.68. The zero-order valence-electron chi connectivity index (χ0n) is 31.1. The summed E-state index contributed by atoms with van der Waals surface area (Å²) in [5, 5.41) is 0.0274. The molecule has 6 rings (SSSR count). The molecular weight excluding hydrogens is 704 g/mol. The van der Waals surface area contributed by atoms with Gasteiger partial charge in [-0.25, -0.2) is 14.8 Å². The molecule has 15 heteroatoms. The average Bonchev–Trinajstić information content (AvgIpc) is 3.60. The largest absolute Gasteiger partial charge is 0.496 e. The van der Waals surface area contributed by atoms with Gasteiger partial charge in [-0.05, 0) is 64.3 Å². The van der Waals surface area contributed by atoms with Crippen LogP contribution in [0.5, 0.6) is 29.0 Å². The lowest BCUT2D eigenvalue weighted by atomic mass is 9.73. The van der Waals surface area contributed by atoms with Gasteiger partial charge in [0.2, 0.25) is 17.0 Å². The van der Waals surface area contributed by atoms with Crippen LogP contribution in [0.1, 0.15) is 67.7 Å². The fourth-order valence-electron chi connectivity index (χ4n) is 6.89. The molecule has 2 aliphatic rings. The Morgan fingerprint density at radius 2 is 1.79 bits per heavy atom. The van der Waals surface area contributed by atoms with Crippen molar-refractivity contribution >= 4 is 23.6 Å². The predicted octanol–water partition coefficient (Wildman–Crippen LogP) is 6.80. The number of aromatic nitrogens is 4. The number of piperidine rings is 1. The molecule has 1 N–H and O–H groups in total. The van der Waals surface area contributed by atoms with Gasteiger partial charge in [0.15, 0.2) is 0 Å². The van der Waals surface area contributed by atoms with E-state index in [-0.39, 0.29) is 36.1 Å². The summed E-state index contributed by atoms with van der Waals surface area (Å²) >= 11 is 6.10. The Morgan fingerprint density at radius 1 is 1.04 bits per heavy atom. The summed E-state index contributed by atoms with van der Waals surface area (Å²) in [6, 6.07) is 8.97. The number of methoxy groups -OCH3 is 3. The van der Waals surface area contributed by atoms with E-state index in [2.05, 4.69) is 19.9 Å². The molecule has 1 aromatic carbocycles. The number of nitrogens with one attached hydrogen (secondary N) is 1. The lowest BCUT2D eigenvalue weighted by Gasteiger charge is -2.47. The first-order valence-corrected chi connectivity index (χ1v) is 17.8. The van der Waals surface area contributed by atoms with Crippen LogP contribution >= 0.6 is 11.6 Å². The SMILES string of the molecule is CCOCc1cnc(Cl)nc1Oc1cc(-c2cc3c([nH]2)C2(CCCN(C(=O)OC(C)(C)C)C2)CN(Cc2c(OC)cc(OC)cc2OC)C3=O)ccn1. The van der Waals surface area contributed by atoms with E-state index in [1.165, 1.54) is 0 Å². The highest BCUT2D eigenvalue weighted by Crippen LogP contribution is 2.44. The van der Waals surface area contributed by atoms with Gasteiger partial charge in [0.1, 0.15) is 22.8 Å². The second kappa shape index (κ2) is 15.5. The molecule has 5 heterocycles. The summed E-state index contributed by atoms with van der Waals surface area (Å²) in [5.74, 6) is 1.94. The Kier molecular flexibility index (Phi) is 11.0. The molecule has 1 atom stereocenters. The first-order chi connectivity index (χ1) is 25.4.